The van der Waals surface area contributed by atoms with E-state index in [4.69, 9.17) is 4.74 Å². The molecule has 1 aliphatic heterocycles. The lowest BCUT2D eigenvalue weighted by molar-refractivity contribution is 0.0880. The number of nitrogens with one attached hydrogen (secondary N) is 1. The van der Waals surface area contributed by atoms with Crippen molar-refractivity contribution < 1.29 is 21.9 Å². The predicted octanol–water partition coefficient (Wildman–Crippen LogP) is 2.74. The summed E-state index contributed by atoms with van der Waals surface area (Å²) in [5, 5.41) is 16.5. The maximum Gasteiger partial charge on any atom is 0.291 e. The minimum atomic E-state index is -4.06. The van der Waals surface area contributed by atoms with Crippen LogP contribution in [0.2, 0.25) is 0 Å². The molecule has 184 valence electrons. The van der Waals surface area contributed by atoms with Crippen LogP contribution in [0, 0.1) is 17.2 Å². The Morgan fingerprint density at radius 2 is 2.11 bits per heavy atom. The second-order valence-electron chi connectivity index (χ2n) is 9.12. The van der Waals surface area contributed by atoms with E-state index in [9.17, 15) is 22.5 Å². The predicted molar refractivity (Wildman–Crippen MR) is 122 cm³/mol. The molecule has 0 amide bonds. The molecular weight excluding hydrogens is 500 g/mol. The fourth-order valence-electron chi connectivity index (χ4n) is 4.47. The van der Waals surface area contributed by atoms with Crippen LogP contribution in [0.25, 0.3) is 16.3 Å². The molecule has 1 saturated heterocycles. The summed E-state index contributed by atoms with van der Waals surface area (Å²) in [6, 6.07) is 3.74. The number of imidazole rings is 1. The topological polar surface area (TPSA) is 126 Å². The van der Waals surface area contributed by atoms with Crippen molar-refractivity contribution >= 4 is 32.6 Å². The molecule has 3 aromatic heterocycles. The van der Waals surface area contributed by atoms with Crippen LogP contribution in [0.15, 0.2) is 23.4 Å². The van der Waals surface area contributed by atoms with Crippen molar-refractivity contribution in [1.29, 1.82) is 5.26 Å². The molecule has 4 heterocycles. The average molecular weight is 522 g/mol. The lowest BCUT2D eigenvalue weighted by atomic mass is 10.1. The largest absolute Gasteiger partial charge is 0.377 e. The number of hydrogen-bond acceptors (Lipinski definition) is 9. The van der Waals surface area contributed by atoms with Gasteiger partial charge >= 0.3 is 0 Å². The summed E-state index contributed by atoms with van der Waals surface area (Å²) in [6.45, 7) is 1.61. The van der Waals surface area contributed by atoms with Gasteiger partial charge in [0.05, 0.1) is 42.7 Å². The summed E-state index contributed by atoms with van der Waals surface area (Å²) in [4.78, 5) is 6.52. The number of pyridine rings is 1. The van der Waals surface area contributed by atoms with E-state index in [-0.39, 0.29) is 21.8 Å². The highest BCUT2D eigenvalue weighted by atomic mass is 32.2. The summed E-state index contributed by atoms with van der Waals surface area (Å²) in [5.41, 5.74) is 0.195. The fraction of sp³-hybridized carbons (Fsp3) is 0.524. The van der Waals surface area contributed by atoms with Crippen molar-refractivity contribution in [3.63, 3.8) is 0 Å². The zero-order valence-corrected chi connectivity index (χ0v) is 20.0. The number of morpholine rings is 1. The fourth-order valence-corrected chi connectivity index (χ4v) is 6.56. The van der Waals surface area contributed by atoms with Crippen LogP contribution in [0.3, 0.4) is 0 Å². The summed E-state index contributed by atoms with van der Waals surface area (Å²) in [5.74, 6) is 0.682. The first-order valence-corrected chi connectivity index (χ1v) is 13.5. The lowest BCUT2D eigenvalue weighted by Gasteiger charge is -2.38. The molecule has 1 atom stereocenters. The number of anilines is 1. The summed E-state index contributed by atoms with van der Waals surface area (Å²) in [6.07, 6.45) is 3.28. The van der Waals surface area contributed by atoms with E-state index in [0.717, 1.165) is 12.8 Å². The van der Waals surface area contributed by atoms with Crippen LogP contribution < -0.4 is 9.62 Å². The van der Waals surface area contributed by atoms with E-state index in [1.54, 1.807) is 16.7 Å². The summed E-state index contributed by atoms with van der Waals surface area (Å²) in [7, 11) is -4.06. The van der Waals surface area contributed by atoms with E-state index in [1.807, 2.05) is 6.07 Å². The van der Waals surface area contributed by atoms with Gasteiger partial charge in [0.1, 0.15) is 10.4 Å². The average Bonchev–Trinajstić information content (AvgIpc) is 3.74. The van der Waals surface area contributed by atoms with Gasteiger partial charge in [0, 0.05) is 12.7 Å². The third-order valence-corrected chi connectivity index (χ3v) is 9.09. The van der Waals surface area contributed by atoms with Gasteiger partial charge in [-0.15, -0.1) is 10.2 Å². The highest BCUT2D eigenvalue weighted by Gasteiger charge is 2.47. The lowest BCUT2D eigenvalue weighted by Crippen LogP contribution is -2.47. The van der Waals surface area contributed by atoms with Gasteiger partial charge < -0.3 is 9.64 Å². The molecule has 0 radical (unpaired) electrons. The highest BCUT2D eigenvalue weighted by molar-refractivity contribution is 7.89. The number of rotatable bonds is 7. The molecule has 2 saturated carbocycles. The number of nitrogens with zero attached hydrogens (tertiary/aromatic N) is 6. The highest BCUT2D eigenvalue weighted by Crippen LogP contribution is 2.41. The van der Waals surface area contributed by atoms with Crippen LogP contribution >= 0.6 is 11.3 Å². The smallest absolute Gasteiger partial charge is 0.291 e. The van der Waals surface area contributed by atoms with Crippen LogP contribution in [0.1, 0.15) is 37.1 Å². The third-order valence-electron chi connectivity index (χ3n) is 6.66. The zero-order valence-electron chi connectivity index (χ0n) is 18.4. The van der Waals surface area contributed by atoms with E-state index in [0.29, 0.717) is 61.1 Å². The standard InChI is InChI=1S/C21H21F2N7O3S2/c22-17(23)19-26-27-20(34-19)18-25-8-15-14(29-5-6-33-10-16(29)12-1-2-12)7-13(9-30(15)18)35(31,32)28-21(11-24)3-4-21/h7-9,12,16-17,28H,1-6,10H2/t16-/m1/s1. The molecule has 0 spiro atoms. The Bertz CT molecular complexity index is 1440. The number of alkyl halides is 2. The summed E-state index contributed by atoms with van der Waals surface area (Å²) < 4.78 is 62.8. The Hall–Kier alpha value is -2.73. The number of halogens is 2. The molecule has 3 aromatic rings. The molecular formula is C21H21F2N7O3S2. The number of fused-ring (bicyclic) bond motifs is 1. The monoisotopic (exact) mass is 521 g/mol. The van der Waals surface area contributed by atoms with Gasteiger partial charge in [0.25, 0.3) is 6.43 Å². The van der Waals surface area contributed by atoms with Crippen molar-refractivity contribution in [3.05, 3.63) is 23.5 Å². The molecule has 0 aromatic carbocycles. The van der Waals surface area contributed by atoms with E-state index < -0.39 is 27.0 Å². The Balaban J connectivity index is 1.51. The van der Waals surface area contributed by atoms with Crippen molar-refractivity contribution in [2.24, 2.45) is 5.92 Å². The van der Waals surface area contributed by atoms with Crippen molar-refractivity contribution in [3.8, 4) is 16.9 Å². The third kappa shape index (κ3) is 4.06. The first-order valence-electron chi connectivity index (χ1n) is 11.2. The maximum atomic E-state index is 13.4. The van der Waals surface area contributed by atoms with E-state index >= 15 is 0 Å². The SMILES string of the molecule is N#CC1(NS(=O)(=O)c2cc(N3CCOC[C@@H]3C3CC3)c3cnc(-c4nnc(C(F)F)s4)n3c2)CC1. The number of ether oxygens (including phenoxy) is 1. The molecule has 2 aliphatic carbocycles. The van der Waals surface area contributed by atoms with Crippen molar-refractivity contribution in [1.82, 2.24) is 24.3 Å². The van der Waals surface area contributed by atoms with Crippen molar-refractivity contribution in [2.75, 3.05) is 24.7 Å². The first-order chi connectivity index (χ1) is 16.8. The normalized spacial score (nSPS) is 22.0. The molecule has 14 heteroatoms. The number of sulfonamides is 1. The zero-order chi connectivity index (χ0) is 24.4. The molecule has 0 unspecified atom stereocenters. The van der Waals surface area contributed by atoms with E-state index in [1.165, 1.54) is 6.20 Å². The molecule has 3 fully saturated rings. The van der Waals surface area contributed by atoms with Crippen LogP contribution in [0.4, 0.5) is 14.5 Å². The Labute approximate surface area is 203 Å². The minimum Gasteiger partial charge on any atom is -0.377 e. The maximum absolute atomic E-state index is 13.4. The van der Waals surface area contributed by atoms with Gasteiger partial charge in [-0.1, -0.05) is 11.3 Å². The second-order valence-corrected chi connectivity index (χ2v) is 11.8. The van der Waals surface area contributed by atoms with Crippen LogP contribution in [-0.4, -0.2) is 59.3 Å². The number of hydrogen-bond donors (Lipinski definition) is 1. The summed E-state index contributed by atoms with van der Waals surface area (Å²) >= 11 is 0.710. The van der Waals surface area contributed by atoms with Gasteiger partial charge in [-0.3, -0.25) is 4.40 Å². The molecule has 6 rings (SSSR count). The molecule has 3 aliphatic rings. The first kappa shape index (κ1) is 22.7. The molecule has 1 N–H and O–H groups in total. The van der Waals surface area contributed by atoms with Crippen molar-refractivity contribution in [2.45, 2.75) is 48.6 Å². The van der Waals surface area contributed by atoms with E-state index in [2.05, 4.69) is 24.8 Å². The van der Waals surface area contributed by atoms with Gasteiger partial charge in [-0.2, -0.15) is 9.98 Å². The molecule has 10 nitrogen and oxygen atoms in total. The molecule has 0 bridgehead atoms. The number of aromatic nitrogens is 4. The van der Waals surface area contributed by atoms with Gasteiger partial charge in [-0.05, 0) is 37.7 Å². The number of nitriles is 1. The Morgan fingerprint density at radius 1 is 1.31 bits per heavy atom. The Morgan fingerprint density at radius 3 is 2.77 bits per heavy atom. The van der Waals surface area contributed by atoms with Gasteiger partial charge in [0.15, 0.2) is 15.8 Å². The quantitative estimate of drug-likeness (QED) is 0.503. The molecule has 35 heavy (non-hydrogen) atoms. The van der Waals surface area contributed by atoms with Gasteiger partial charge in [0.2, 0.25) is 10.0 Å². The second kappa shape index (κ2) is 8.16. The van der Waals surface area contributed by atoms with Crippen LogP contribution in [0.5, 0.6) is 0 Å². The van der Waals surface area contributed by atoms with Gasteiger partial charge in [-0.25, -0.2) is 22.2 Å². The minimum absolute atomic E-state index is 0.0413. The Kier molecular flexibility index (Phi) is 5.29. The van der Waals surface area contributed by atoms with Crippen LogP contribution in [-0.2, 0) is 14.8 Å².